The van der Waals surface area contributed by atoms with Gasteiger partial charge in [0, 0.05) is 21.4 Å². The SMILES string of the molecule is CCCc1c(C)nc(C)c(C(=O)Nc2c(CC)cc(Br)cc2CC)c1F. The number of aromatic nitrogens is 1. The maximum atomic E-state index is 15.1. The van der Waals surface area contributed by atoms with Crippen LogP contribution in [0, 0.1) is 19.7 Å². The lowest BCUT2D eigenvalue weighted by atomic mass is 10.0. The molecule has 1 aromatic carbocycles. The van der Waals surface area contributed by atoms with Gasteiger partial charge in [-0.3, -0.25) is 9.78 Å². The van der Waals surface area contributed by atoms with E-state index in [0.29, 0.717) is 23.4 Å². The summed E-state index contributed by atoms with van der Waals surface area (Å²) in [6, 6.07) is 3.99. The lowest BCUT2D eigenvalue weighted by Crippen LogP contribution is -2.20. The Morgan fingerprint density at radius 2 is 1.69 bits per heavy atom. The highest BCUT2D eigenvalue weighted by molar-refractivity contribution is 9.10. The highest BCUT2D eigenvalue weighted by Gasteiger charge is 2.22. The Hall–Kier alpha value is -1.75. The van der Waals surface area contributed by atoms with Gasteiger partial charge in [-0.2, -0.15) is 0 Å². The van der Waals surface area contributed by atoms with Crippen molar-refractivity contribution in [2.75, 3.05) is 5.32 Å². The van der Waals surface area contributed by atoms with Crippen LogP contribution in [0.2, 0.25) is 0 Å². The Kier molecular flexibility index (Phi) is 6.93. The Labute approximate surface area is 163 Å². The maximum absolute atomic E-state index is 15.1. The van der Waals surface area contributed by atoms with Gasteiger partial charge in [-0.15, -0.1) is 0 Å². The van der Waals surface area contributed by atoms with Crippen LogP contribution < -0.4 is 5.32 Å². The van der Waals surface area contributed by atoms with Crippen LogP contribution in [0.1, 0.15) is 65.6 Å². The fourth-order valence-electron chi connectivity index (χ4n) is 3.27. The Balaban J connectivity index is 2.51. The quantitative estimate of drug-likeness (QED) is 0.628. The van der Waals surface area contributed by atoms with Crippen molar-refractivity contribution in [3.05, 3.63) is 56.1 Å². The number of hydrogen-bond donors (Lipinski definition) is 1. The van der Waals surface area contributed by atoms with E-state index >= 15 is 4.39 Å². The van der Waals surface area contributed by atoms with Crippen LogP contribution in [0.25, 0.3) is 0 Å². The summed E-state index contributed by atoms with van der Waals surface area (Å²) < 4.78 is 16.0. The molecule has 0 saturated heterocycles. The van der Waals surface area contributed by atoms with Gasteiger partial charge in [0.25, 0.3) is 5.91 Å². The number of hydrogen-bond acceptors (Lipinski definition) is 2. The number of anilines is 1. The molecule has 1 heterocycles. The van der Waals surface area contributed by atoms with Crippen LogP contribution in [-0.4, -0.2) is 10.9 Å². The van der Waals surface area contributed by atoms with Gasteiger partial charge in [-0.25, -0.2) is 4.39 Å². The molecule has 0 unspecified atom stereocenters. The topological polar surface area (TPSA) is 42.0 Å². The van der Waals surface area contributed by atoms with Crippen molar-refractivity contribution in [2.24, 2.45) is 0 Å². The van der Waals surface area contributed by atoms with Crippen molar-refractivity contribution >= 4 is 27.5 Å². The first-order valence-corrected chi connectivity index (χ1v) is 9.91. The van der Waals surface area contributed by atoms with E-state index in [0.717, 1.165) is 40.5 Å². The summed E-state index contributed by atoms with van der Waals surface area (Å²) in [4.78, 5) is 17.3. The molecule has 0 bridgehead atoms. The second kappa shape index (κ2) is 8.76. The summed E-state index contributed by atoms with van der Waals surface area (Å²) >= 11 is 3.52. The number of aryl methyl sites for hydroxylation is 4. The summed E-state index contributed by atoms with van der Waals surface area (Å²) in [5.74, 6) is -0.876. The van der Waals surface area contributed by atoms with Gasteiger partial charge in [-0.05, 0) is 56.4 Å². The predicted octanol–water partition coefficient (Wildman–Crippen LogP) is 5.93. The van der Waals surface area contributed by atoms with E-state index in [4.69, 9.17) is 0 Å². The third kappa shape index (κ3) is 4.14. The van der Waals surface area contributed by atoms with Crippen LogP contribution in [0.3, 0.4) is 0 Å². The lowest BCUT2D eigenvalue weighted by molar-refractivity contribution is 0.102. The minimum Gasteiger partial charge on any atom is -0.321 e. The molecule has 0 aliphatic heterocycles. The molecule has 0 fully saturated rings. The van der Waals surface area contributed by atoms with E-state index < -0.39 is 11.7 Å². The highest BCUT2D eigenvalue weighted by atomic mass is 79.9. The first kappa shape index (κ1) is 20.6. The number of rotatable bonds is 6. The van der Waals surface area contributed by atoms with E-state index in [1.54, 1.807) is 13.8 Å². The molecule has 0 atom stereocenters. The second-order valence-corrected chi connectivity index (χ2v) is 7.38. The van der Waals surface area contributed by atoms with Crippen molar-refractivity contribution < 1.29 is 9.18 Å². The molecule has 2 rings (SSSR count). The fraction of sp³-hybridized carbons (Fsp3) is 0.429. The molecule has 0 saturated carbocycles. The Bertz CT molecular complexity index is 808. The molecule has 1 amide bonds. The zero-order valence-corrected chi connectivity index (χ0v) is 17.7. The molecule has 26 heavy (non-hydrogen) atoms. The second-order valence-electron chi connectivity index (χ2n) is 6.46. The predicted molar refractivity (Wildman–Crippen MR) is 109 cm³/mol. The monoisotopic (exact) mass is 420 g/mol. The van der Waals surface area contributed by atoms with Crippen molar-refractivity contribution in [1.82, 2.24) is 4.98 Å². The molecule has 0 aliphatic carbocycles. The molecule has 1 N–H and O–H groups in total. The van der Waals surface area contributed by atoms with E-state index in [9.17, 15) is 4.79 Å². The number of pyridine rings is 1. The number of carbonyl (C=O) groups is 1. The van der Waals surface area contributed by atoms with Gasteiger partial charge < -0.3 is 5.32 Å². The highest BCUT2D eigenvalue weighted by Crippen LogP contribution is 2.29. The molecule has 140 valence electrons. The molecule has 1 aromatic heterocycles. The first-order chi connectivity index (χ1) is 12.3. The van der Waals surface area contributed by atoms with E-state index in [1.807, 2.05) is 32.9 Å². The summed E-state index contributed by atoms with van der Waals surface area (Å²) in [6.07, 6.45) is 2.92. The number of nitrogens with zero attached hydrogens (tertiary/aromatic N) is 1. The number of benzene rings is 1. The van der Waals surface area contributed by atoms with Crippen molar-refractivity contribution in [3.63, 3.8) is 0 Å². The number of amides is 1. The van der Waals surface area contributed by atoms with Crippen molar-refractivity contribution in [2.45, 2.75) is 60.3 Å². The van der Waals surface area contributed by atoms with Crippen LogP contribution in [0.5, 0.6) is 0 Å². The molecule has 5 heteroatoms. The third-order valence-corrected chi connectivity index (χ3v) is 5.07. The molecular weight excluding hydrogens is 395 g/mol. The Morgan fingerprint density at radius 3 is 2.19 bits per heavy atom. The molecule has 0 radical (unpaired) electrons. The fourth-order valence-corrected chi connectivity index (χ4v) is 3.82. The number of nitrogens with one attached hydrogen (secondary N) is 1. The molecule has 0 spiro atoms. The van der Waals surface area contributed by atoms with Gasteiger partial charge in [0.2, 0.25) is 0 Å². The largest absolute Gasteiger partial charge is 0.321 e. The lowest BCUT2D eigenvalue weighted by Gasteiger charge is -2.17. The first-order valence-electron chi connectivity index (χ1n) is 9.12. The number of carbonyl (C=O) groups excluding carboxylic acids is 1. The zero-order chi connectivity index (χ0) is 19.4. The van der Waals surface area contributed by atoms with Crippen LogP contribution >= 0.6 is 15.9 Å². The van der Waals surface area contributed by atoms with Gasteiger partial charge >= 0.3 is 0 Å². The van der Waals surface area contributed by atoms with Crippen molar-refractivity contribution in [3.8, 4) is 0 Å². The average molecular weight is 421 g/mol. The van der Waals surface area contributed by atoms with Gasteiger partial charge in [0.05, 0.1) is 11.3 Å². The van der Waals surface area contributed by atoms with Crippen molar-refractivity contribution in [1.29, 1.82) is 0 Å². The molecular formula is C21H26BrFN2O. The minimum absolute atomic E-state index is 0.0473. The zero-order valence-electron chi connectivity index (χ0n) is 16.1. The Morgan fingerprint density at radius 1 is 1.12 bits per heavy atom. The minimum atomic E-state index is -0.442. The van der Waals surface area contributed by atoms with E-state index in [2.05, 4.69) is 26.2 Å². The van der Waals surface area contributed by atoms with E-state index in [1.165, 1.54) is 0 Å². The maximum Gasteiger partial charge on any atom is 0.260 e. The summed E-state index contributed by atoms with van der Waals surface area (Å²) in [7, 11) is 0. The van der Waals surface area contributed by atoms with Crippen LogP contribution in [0.4, 0.5) is 10.1 Å². The van der Waals surface area contributed by atoms with Gasteiger partial charge in [-0.1, -0.05) is 43.1 Å². The average Bonchev–Trinajstić information content (AvgIpc) is 2.59. The molecule has 3 nitrogen and oxygen atoms in total. The summed E-state index contributed by atoms with van der Waals surface area (Å²) in [5.41, 5.74) is 4.49. The summed E-state index contributed by atoms with van der Waals surface area (Å²) in [6.45, 7) is 9.54. The van der Waals surface area contributed by atoms with Crippen LogP contribution in [-0.2, 0) is 19.3 Å². The van der Waals surface area contributed by atoms with E-state index in [-0.39, 0.29) is 5.56 Å². The normalized spacial score (nSPS) is 10.9. The molecule has 0 aliphatic rings. The van der Waals surface area contributed by atoms with Gasteiger partial charge in [0.15, 0.2) is 0 Å². The van der Waals surface area contributed by atoms with Gasteiger partial charge in [0.1, 0.15) is 5.82 Å². The summed E-state index contributed by atoms with van der Waals surface area (Å²) in [5, 5.41) is 2.96. The third-order valence-electron chi connectivity index (χ3n) is 4.61. The number of halogens is 2. The smallest absolute Gasteiger partial charge is 0.260 e. The molecule has 2 aromatic rings. The van der Waals surface area contributed by atoms with Crippen LogP contribution in [0.15, 0.2) is 16.6 Å². The standard InChI is InChI=1S/C21H26BrFN2O/c1-6-9-17-12(4)24-13(5)18(19(17)23)21(26)25-20-14(7-2)10-16(22)11-15(20)8-3/h10-11H,6-9H2,1-5H3,(H,25,26).